The quantitative estimate of drug-likeness (QED) is 0.423. The third-order valence-electron chi connectivity index (χ3n) is 7.09. The summed E-state index contributed by atoms with van der Waals surface area (Å²) in [6, 6.07) is 20.7. The molecule has 1 atom stereocenters. The first-order valence-corrected chi connectivity index (χ1v) is 12.7. The number of carboxylic acid groups (broad SMARTS) is 2. The van der Waals surface area contributed by atoms with E-state index in [-0.39, 0.29) is 41.1 Å². The lowest BCUT2D eigenvalue weighted by atomic mass is 9.82. The predicted octanol–water partition coefficient (Wildman–Crippen LogP) is 4.17. The zero-order chi connectivity index (χ0) is 29.1. The summed E-state index contributed by atoms with van der Waals surface area (Å²) in [5.74, 6) is -2.14. The number of carboxylic acids is 2. The summed E-state index contributed by atoms with van der Waals surface area (Å²) < 4.78 is 0. The number of amides is 1. The maximum absolute atomic E-state index is 12.1. The Balaban J connectivity index is 0.000000185. The normalized spacial score (nSPS) is 19.1. The van der Waals surface area contributed by atoms with Crippen molar-refractivity contribution in [3.8, 4) is 0 Å². The molecule has 0 saturated heterocycles. The predicted molar refractivity (Wildman–Crippen MR) is 148 cm³/mol. The molecule has 2 aliphatic heterocycles. The molecule has 0 radical (unpaired) electrons. The van der Waals surface area contributed by atoms with E-state index in [0.29, 0.717) is 0 Å². The molecule has 2 aromatic carbocycles. The van der Waals surface area contributed by atoms with Crippen LogP contribution in [0.1, 0.15) is 59.9 Å². The van der Waals surface area contributed by atoms with Crippen LogP contribution in [0.3, 0.4) is 0 Å². The van der Waals surface area contributed by atoms with Crippen molar-refractivity contribution in [2.45, 2.75) is 45.3 Å². The largest absolute Gasteiger partial charge is 0.478 e. The van der Waals surface area contributed by atoms with E-state index >= 15 is 0 Å². The minimum atomic E-state index is -1.09. The fourth-order valence-corrected chi connectivity index (χ4v) is 4.41. The van der Waals surface area contributed by atoms with Crippen molar-refractivity contribution in [2.75, 3.05) is 0 Å². The Morgan fingerprint density at radius 1 is 0.975 bits per heavy atom. The first-order chi connectivity index (χ1) is 19.0. The van der Waals surface area contributed by atoms with Gasteiger partial charge in [0.25, 0.3) is 5.91 Å². The van der Waals surface area contributed by atoms with Crippen molar-refractivity contribution in [3.63, 3.8) is 0 Å². The number of amidine groups is 1. The fourth-order valence-electron chi connectivity index (χ4n) is 4.41. The molecule has 0 aliphatic carbocycles. The third-order valence-corrected chi connectivity index (χ3v) is 7.09. The molecule has 206 valence electrons. The SMILES string of the molecule is Cc1cnc(C2=NC(C)(C(C)C)C(=O)N2)c(C(=O)O)c1.O=C(O)C1=NOC(c2ccccc2)(c2ccccc2)C1. The van der Waals surface area contributed by atoms with Crippen LogP contribution in [0.5, 0.6) is 0 Å². The maximum Gasteiger partial charge on any atom is 0.353 e. The lowest BCUT2D eigenvalue weighted by molar-refractivity contribution is -0.129. The van der Waals surface area contributed by atoms with Gasteiger partial charge >= 0.3 is 11.9 Å². The zero-order valence-electron chi connectivity index (χ0n) is 22.6. The van der Waals surface area contributed by atoms with Crippen LogP contribution < -0.4 is 5.32 Å². The van der Waals surface area contributed by atoms with Crippen molar-refractivity contribution < 1.29 is 29.4 Å². The smallest absolute Gasteiger partial charge is 0.353 e. The van der Waals surface area contributed by atoms with Gasteiger partial charge in [-0.25, -0.2) is 14.6 Å². The molecule has 0 bridgehead atoms. The summed E-state index contributed by atoms with van der Waals surface area (Å²) in [5, 5.41) is 24.8. The Kier molecular flexibility index (Phi) is 7.81. The Morgan fingerprint density at radius 3 is 2.00 bits per heavy atom. The molecule has 0 saturated carbocycles. The van der Waals surface area contributed by atoms with Crippen LogP contribution in [0.15, 0.2) is 83.1 Å². The van der Waals surface area contributed by atoms with Gasteiger partial charge in [0.2, 0.25) is 0 Å². The van der Waals surface area contributed by atoms with Crippen LogP contribution >= 0.6 is 0 Å². The lowest BCUT2D eigenvalue weighted by Crippen LogP contribution is -2.41. The van der Waals surface area contributed by atoms with E-state index in [1.54, 1.807) is 20.0 Å². The molecule has 10 heteroatoms. The number of aliphatic imine (C=N–C) groups is 1. The maximum atomic E-state index is 12.1. The molecular weight excluding hydrogens is 512 g/mol. The lowest BCUT2D eigenvalue weighted by Gasteiger charge is -2.27. The average molecular weight is 543 g/mol. The highest BCUT2D eigenvalue weighted by Gasteiger charge is 2.45. The van der Waals surface area contributed by atoms with E-state index in [1.807, 2.05) is 74.5 Å². The zero-order valence-corrected chi connectivity index (χ0v) is 22.6. The molecule has 5 rings (SSSR count). The molecule has 0 spiro atoms. The van der Waals surface area contributed by atoms with Gasteiger partial charge in [0.15, 0.2) is 17.1 Å². The van der Waals surface area contributed by atoms with Crippen LogP contribution in [0.4, 0.5) is 0 Å². The first-order valence-electron chi connectivity index (χ1n) is 12.7. The minimum Gasteiger partial charge on any atom is -0.478 e. The van der Waals surface area contributed by atoms with Gasteiger partial charge in [0.1, 0.15) is 11.2 Å². The van der Waals surface area contributed by atoms with Gasteiger partial charge in [-0.15, -0.1) is 0 Å². The molecule has 0 fully saturated rings. The first kappa shape index (κ1) is 28.2. The van der Waals surface area contributed by atoms with E-state index in [0.717, 1.165) is 16.7 Å². The molecule has 1 amide bonds. The van der Waals surface area contributed by atoms with E-state index in [9.17, 15) is 19.5 Å². The highest BCUT2D eigenvalue weighted by Crippen LogP contribution is 2.41. The van der Waals surface area contributed by atoms with Crippen molar-refractivity contribution in [1.29, 1.82) is 0 Å². The van der Waals surface area contributed by atoms with E-state index in [1.165, 1.54) is 6.07 Å². The van der Waals surface area contributed by atoms with Gasteiger partial charge in [-0.3, -0.25) is 9.78 Å². The standard InChI is InChI=1S/C16H13NO3.C14H17N3O3/c18-15(19)14-11-16(20-17-14,12-7-3-1-4-8-12)13-9-5-2-6-10-13;1-7(2)14(4)13(20)16-11(17-14)10-9(12(18)19)5-8(3)6-15-10/h1-10H,11H2,(H,18,19);5-7H,1-4H3,(H,18,19)(H,16,17,20). The number of carbonyl (C=O) groups is 3. The molecular formula is C30H30N4O6. The number of hydrogen-bond acceptors (Lipinski definition) is 7. The number of aliphatic carboxylic acids is 1. The van der Waals surface area contributed by atoms with Crippen LogP contribution in [0.25, 0.3) is 0 Å². The molecule has 1 aromatic heterocycles. The number of carbonyl (C=O) groups excluding carboxylic acids is 1. The van der Waals surface area contributed by atoms with Crippen molar-refractivity contribution in [1.82, 2.24) is 10.3 Å². The molecule has 3 N–H and O–H groups in total. The summed E-state index contributed by atoms with van der Waals surface area (Å²) in [4.78, 5) is 48.6. The number of aromatic nitrogens is 1. The van der Waals surface area contributed by atoms with Crippen molar-refractivity contribution >= 4 is 29.4 Å². The van der Waals surface area contributed by atoms with E-state index in [4.69, 9.17) is 9.94 Å². The molecule has 10 nitrogen and oxygen atoms in total. The van der Waals surface area contributed by atoms with E-state index in [2.05, 4.69) is 20.4 Å². The van der Waals surface area contributed by atoms with Crippen LogP contribution in [-0.2, 0) is 20.0 Å². The van der Waals surface area contributed by atoms with Crippen molar-refractivity contribution in [2.24, 2.45) is 16.1 Å². The summed E-state index contributed by atoms with van der Waals surface area (Å²) in [6.07, 6.45) is 1.78. The Morgan fingerprint density at radius 2 is 1.55 bits per heavy atom. The number of oxime groups is 1. The van der Waals surface area contributed by atoms with Crippen LogP contribution in [0.2, 0.25) is 0 Å². The molecule has 3 aromatic rings. The Labute approximate surface area is 231 Å². The van der Waals surface area contributed by atoms with Gasteiger partial charge < -0.3 is 20.4 Å². The van der Waals surface area contributed by atoms with Crippen LogP contribution in [0, 0.1) is 12.8 Å². The number of nitrogens with one attached hydrogen (secondary N) is 1. The second-order valence-corrected chi connectivity index (χ2v) is 10.1. The minimum absolute atomic E-state index is 0.00118. The van der Waals surface area contributed by atoms with Crippen molar-refractivity contribution in [3.05, 3.63) is 101 Å². The van der Waals surface area contributed by atoms with Gasteiger partial charge in [0.05, 0.1) is 12.0 Å². The summed E-state index contributed by atoms with van der Waals surface area (Å²) in [5.41, 5.74) is 1.06. The number of pyridine rings is 1. The highest BCUT2D eigenvalue weighted by molar-refractivity contribution is 6.36. The monoisotopic (exact) mass is 542 g/mol. The number of rotatable bonds is 6. The number of aryl methyl sites for hydroxylation is 1. The van der Waals surface area contributed by atoms with Gasteiger partial charge in [-0.1, -0.05) is 79.7 Å². The number of hydrogen-bond donors (Lipinski definition) is 3. The summed E-state index contributed by atoms with van der Waals surface area (Å²) in [7, 11) is 0. The Bertz CT molecular complexity index is 1460. The second-order valence-electron chi connectivity index (χ2n) is 10.1. The average Bonchev–Trinajstić information content (AvgIpc) is 3.53. The molecule has 2 aliphatic rings. The molecule has 3 heterocycles. The van der Waals surface area contributed by atoms with Gasteiger partial charge in [-0.2, -0.15) is 0 Å². The summed E-state index contributed by atoms with van der Waals surface area (Å²) >= 11 is 0. The molecule has 40 heavy (non-hydrogen) atoms. The topological polar surface area (TPSA) is 151 Å². The highest BCUT2D eigenvalue weighted by atomic mass is 16.7. The van der Waals surface area contributed by atoms with Gasteiger partial charge in [0, 0.05) is 17.3 Å². The summed E-state index contributed by atoms with van der Waals surface area (Å²) in [6.45, 7) is 7.28. The second kappa shape index (κ2) is 11.1. The van der Waals surface area contributed by atoms with E-state index < -0.39 is 23.1 Å². The molecule has 1 unspecified atom stereocenters. The number of nitrogens with zero attached hydrogens (tertiary/aromatic N) is 3. The number of aromatic carboxylic acids is 1. The van der Waals surface area contributed by atoms with Gasteiger partial charge in [-0.05, 0) is 31.4 Å². The third kappa shape index (κ3) is 5.33. The fraction of sp³-hybridized carbons (Fsp3) is 0.267. The van der Waals surface area contributed by atoms with Crippen LogP contribution in [-0.4, -0.2) is 50.1 Å². The Hall–Kier alpha value is -4.86. The number of benzene rings is 2.